The maximum absolute atomic E-state index is 11.2. The monoisotopic (exact) mass is 198 g/mol. The molecule has 0 saturated heterocycles. The summed E-state index contributed by atoms with van der Waals surface area (Å²) in [5.41, 5.74) is 8.68. The zero-order valence-electron chi connectivity index (χ0n) is 8.36. The van der Waals surface area contributed by atoms with Crippen LogP contribution in [-0.2, 0) is 9.53 Å². The summed E-state index contributed by atoms with van der Waals surface area (Å²) in [5.74, 6) is -0.390. The molecule has 0 rings (SSSR count). The molecule has 0 aromatic carbocycles. The van der Waals surface area contributed by atoms with Gasteiger partial charge in [0.25, 0.3) is 0 Å². The summed E-state index contributed by atoms with van der Waals surface area (Å²) in [4.78, 5) is 13.8. The minimum atomic E-state index is -0.533. The Morgan fingerprint density at radius 2 is 2.43 bits per heavy atom. The van der Waals surface area contributed by atoms with Gasteiger partial charge in [0.05, 0.1) is 7.11 Å². The smallest absolute Gasteiger partial charge is 0.327 e. The molecule has 0 bridgehead atoms. The van der Waals surface area contributed by atoms with Gasteiger partial charge in [-0.2, -0.15) is 0 Å². The molecule has 0 spiro atoms. The van der Waals surface area contributed by atoms with Crippen molar-refractivity contribution < 1.29 is 9.53 Å². The van der Waals surface area contributed by atoms with Crippen LogP contribution in [0.15, 0.2) is 17.3 Å². The lowest BCUT2D eigenvalue weighted by atomic mass is 10.1. The Morgan fingerprint density at radius 3 is 2.86 bits per heavy atom. The first-order chi connectivity index (χ1) is 6.63. The second kappa shape index (κ2) is 6.94. The third kappa shape index (κ3) is 4.49. The van der Waals surface area contributed by atoms with Gasteiger partial charge in [-0.1, -0.05) is 17.3 Å². The van der Waals surface area contributed by atoms with Gasteiger partial charge in [-0.05, 0) is 12.5 Å². The fourth-order valence-corrected chi connectivity index (χ4v) is 0.880. The second-order valence-electron chi connectivity index (χ2n) is 2.71. The molecule has 1 atom stereocenters. The van der Waals surface area contributed by atoms with E-state index in [2.05, 4.69) is 26.7 Å². The molecule has 0 radical (unpaired) electrons. The summed E-state index contributed by atoms with van der Waals surface area (Å²) in [6.07, 6.45) is 0. The van der Waals surface area contributed by atoms with E-state index in [-0.39, 0.29) is 6.54 Å². The number of hydrogen-bond donors (Lipinski definition) is 1. The first-order valence-electron chi connectivity index (χ1n) is 4.11. The van der Waals surface area contributed by atoms with Crippen LogP contribution in [0.25, 0.3) is 10.4 Å². The standard InChI is InChI=1S/C8H14N4O2/c1-6(2)7(8(13)14-3)10-4-5-11-12-9/h7,10H,1,4-5H2,2-3H3. The van der Waals surface area contributed by atoms with Crippen LogP contribution in [0.1, 0.15) is 6.92 Å². The van der Waals surface area contributed by atoms with E-state index < -0.39 is 12.0 Å². The van der Waals surface area contributed by atoms with E-state index in [1.807, 2.05) is 0 Å². The lowest BCUT2D eigenvalue weighted by Crippen LogP contribution is -2.39. The topological polar surface area (TPSA) is 87.1 Å². The van der Waals surface area contributed by atoms with Crippen molar-refractivity contribution >= 4 is 5.97 Å². The van der Waals surface area contributed by atoms with Crippen molar-refractivity contribution in [3.05, 3.63) is 22.6 Å². The highest BCUT2D eigenvalue weighted by atomic mass is 16.5. The summed E-state index contributed by atoms with van der Waals surface area (Å²) in [6, 6.07) is -0.533. The Kier molecular flexibility index (Phi) is 6.19. The lowest BCUT2D eigenvalue weighted by molar-refractivity contribution is -0.142. The number of rotatable bonds is 6. The summed E-state index contributed by atoms with van der Waals surface area (Å²) in [7, 11) is 1.31. The predicted molar refractivity (Wildman–Crippen MR) is 52.6 cm³/mol. The van der Waals surface area contributed by atoms with E-state index in [1.165, 1.54) is 7.11 Å². The molecule has 0 aliphatic heterocycles. The van der Waals surface area contributed by atoms with Gasteiger partial charge in [0.1, 0.15) is 6.04 Å². The van der Waals surface area contributed by atoms with Crippen LogP contribution in [0.4, 0.5) is 0 Å². The normalized spacial score (nSPS) is 11.3. The zero-order valence-corrected chi connectivity index (χ0v) is 8.36. The molecule has 14 heavy (non-hydrogen) atoms. The molecule has 6 nitrogen and oxygen atoms in total. The minimum absolute atomic E-state index is 0.289. The van der Waals surface area contributed by atoms with E-state index in [1.54, 1.807) is 6.92 Å². The maximum Gasteiger partial charge on any atom is 0.327 e. The fourth-order valence-electron chi connectivity index (χ4n) is 0.880. The van der Waals surface area contributed by atoms with Crippen molar-refractivity contribution in [3.8, 4) is 0 Å². The van der Waals surface area contributed by atoms with E-state index in [0.717, 1.165) is 0 Å². The predicted octanol–water partition coefficient (Wildman–Crippen LogP) is 1.00. The zero-order chi connectivity index (χ0) is 11.0. The molecule has 0 aliphatic carbocycles. The number of esters is 1. The first-order valence-corrected chi connectivity index (χ1v) is 4.11. The van der Waals surface area contributed by atoms with E-state index in [9.17, 15) is 4.79 Å². The minimum Gasteiger partial charge on any atom is -0.468 e. The molecule has 0 fully saturated rings. The molecule has 6 heteroatoms. The quantitative estimate of drug-likeness (QED) is 0.172. The number of hydrogen-bond acceptors (Lipinski definition) is 4. The fraction of sp³-hybridized carbons (Fsp3) is 0.625. The van der Waals surface area contributed by atoms with Crippen molar-refractivity contribution in [1.29, 1.82) is 0 Å². The van der Waals surface area contributed by atoms with E-state index >= 15 is 0 Å². The van der Waals surface area contributed by atoms with Gasteiger partial charge in [-0.25, -0.2) is 0 Å². The largest absolute Gasteiger partial charge is 0.468 e. The van der Waals surface area contributed by atoms with Gasteiger partial charge >= 0.3 is 5.97 Å². The van der Waals surface area contributed by atoms with Gasteiger partial charge in [0.15, 0.2) is 0 Å². The highest BCUT2D eigenvalue weighted by molar-refractivity contribution is 5.79. The number of azide groups is 1. The number of carbonyl (C=O) groups is 1. The molecule has 1 N–H and O–H groups in total. The van der Waals surface area contributed by atoms with Crippen LogP contribution in [-0.4, -0.2) is 32.2 Å². The Labute approximate surface area is 82.6 Å². The van der Waals surface area contributed by atoms with Gasteiger partial charge < -0.3 is 10.1 Å². The molecule has 0 aromatic heterocycles. The van der Waals surface area contributed by atoms with Crippen molar-refractivity contribution in [3.63, 3.8) is 0 Å². The summed E-state index contributed by atoms with van der Waals surface area (Å²) >= 11 is 0. The summed E-state index contributed by atoms with van der Waals surface area (Å²) < 4.78 is 4.56. The second-order valence-corrected chi connectivity index (χ2v) is 2.71. The SMILES string of the molecule is C=C(C)C(NCCN=[N+]=[N-])C(=O)OC. The van der Waals surface area contributed by atoms with Crippen LogP contribution in [0.5, 0.6) is 0 Å². The van der Waals surface area contributed by atoms with Crippen molar-refractivity contribution in [2.75, 3.05) is 20.2 Å². The van der Waals surface area contributed by atoms with Crippen LogP contribution >= 0.6 is 0 Å². The molecule has 0 amide bonds. The molecular formula is C8H14N4O2. The van der Waals surface area contributed by atoms with Gasteiger partial charge in [0, 0.05) is 18.0 Å². The molecular weight excluding hydrogens is 184 g/mol. The molecule has 1 unspecified atom stereocenters. The summed E-state index contributed by atoms with van der Waals surface area (Å²) in [6.45, 7) is 6.08. The number of carbonyl (C=O) groups excluding carboxylic acids is 1. The number of nitrogens with one attached hydrogen (secondary N) is 1. The molecule has 0 aromatic rings. The van der Waals surface area contributed by atoms with Crippen molar-refractivity contribution in [2.24, 2.45) is 5.11 Å². The van der Waals surface area contributed by atoms with Gasteiger partial charge in [0.2, 0.25) is 0 Å². The summed E-state index contributed by atoms with van der Waals surface area (Å²) in [5, 5.41) is 6.19. The number of nitrogens with zero attached hydrogens (tertiary/aromatic N) is 3. The van der Waals surface area contributed by atoms with Crippen molar-refractivity contribution in [2.45, 2.75) is 13.0 Å². The Morgan fingerprint density at radius 1 is 1.79 bits per heavy atom. The van der Waals surface area contributed by atoms with E-state index in [4.69, 9.17) is 5.53 Å². The Bertz CT molecular complexity index is 258. The Hall–Kier alpha value is -1.52. The van der Waals surface area contributed by atoms with Gasteiger partial charge in [-0.3, -0.25) is 4.79 Å². The number of ether oxygens (including phenoxy) is 1. The Balaban J connectivity index is 4.04. The van der Waals surface area contributed by atoms with Crippen LogP contribution in [0.2, 0.25) is 0 Å². The first kappa shape index (κ1) is 12.5. The number of methoxy groups -OCH3 is 1. The van der Waals surface area contributed by atoms with Crippen LogP contribution in [0.3, 0.4) is 0 Å². The molecule has 78 valence electrons. The van der Waals surface area contributed by atoms with Crippen molar-refractivity contribution in [1.82, 2.24) is 5.32 Å². The molecule has 0 heterocycles. The highest BCUT2D eigenvalue weighted by Gasteiger charge is 2.18. The molecule has 0 saturated carbocycles. The average molecular weight is 198 g/mol. The van der Waals surface area contributed by atoms with E-state index in [0.29, 0.717) is 12.1 Å². The average Bonchev–Trinajstić information content (AvgIpc) is 2.16. The third-order valence-electron chi connectivity index (χ3n) is 1.55. The van der Waals surface area contributed by atoms with Gasteiger partial charge in [-0.15, -0.1) is 0 Å². The molecule has 0 aliphatic rings. The maximum atomic E-state index is 11.2. The lowest BCUT2D eigenvalue weighted by Gasteiger charge is -2.15. The van der Waals surface area contributed by atoms with Crippen LogP contribution in [0, 0.1) is 0 Å². The highest BCUT2D eigenvalue weighted by Crippen LogP contribution is 1.99. The third-order valence-corrected chi connectivity index (χ3v) is 1.55. The van der Waals surface area contributed by atoms with Crippen LogP contribution < -0.4 is 5.32 Å².